The van der Waals surface area contributed by atoms with Crippen molar-refractivity contribution >= 4 is 11.8 Å². The van der Waals surface area contributed by atoms with Crippen molar-refractivity contribution < 1.29 is 43.5 Å². The first kappa shape index (κ1) is 37.3. The van der Waals surface area contributed by atoms with Gasteiger partial charge < -0.3 is 38.8 Å². The number of hydrogen-bond donors (Lipinski definition) is 2. The first-order valence-electron chi connectivity index (χ1n) is 16.9. The fourth-order valence-electron chi connectivity index (χ4n) is 7.29. The summed E-state index contributed by atoms with van der Waals surface area (Å²) in [6, 6.07) is 0.305. The highest BCUT2D eigenvalue weighted by atomic mass is 16.7. The van der Waals surface area contributed by atoms with Crippen LogP contribution in [0.4, 0.5) is 0 Å². The van der Waals surface area contributed by atoms with Crippen LogP contribution >= 0.6 is 0 Å². The van der Waals surface area contributed by atoms with E-state index in [9.17, 15) is 19.8 Å². The highest BCUT2D eigenvalue weighted by Gasteiger charge is 2.43. The van der Waals surface area contributed by atoms with Gasteiger partial charge in [0.1, 0.15) is 11.9 Å². The van der Waals surface area contributed by atoms with Gasteiger partial charge in [-0.2, -0.15) is 0 Å². The molecule has 3 aliphatic heterocycles. The van der Waals surface area contributed by atoms with E-state index in [0.29, 0.717) is 31.7 Å². The summed E-state index contributed by atoms with van der Waals surface area (Å²) < 4.78 is 31.6. The second-order valence-corrected chi connectivity index (χ2v) is 14.6. The number of aliphatic hydroxyl groups excluding tert-OH is 1. The fourth-order valence-corrected chi connectivity index (χ4v) is 7.29. The van der Waals surface area contributed by atoms with Gasteiger partial charge in [-0.1, -0.05) is 34.6 Å². The zero-order valence-corrected chi connectivity index (χ0v) is 28.9. The maximum atomic E-state index is 13.5. The van der Waals surface area contributed by atoms with E-state index in [0.717, 1.165) is 6.42 Å². The summed E-state index contributed by atoms with van der Waals surface area (Å²) in [5.74, 6) is -1.06. The van der Waals surface area contributed by atoms with Crippen LogP contribution in [-0.4, -0.2) is 102 Å². The number of esters is 1. The Kier molecular flexibility index (Phi) is 13.7. The molecule has 0 aromatic rings. The normalized spacial score (nSPS) is 45.5. The lowest BCUT2D eigenvalue weighted by Gasteiger charge is -2.43. The van der Waals surface area contributed by atoms with E-state index >= 15 is 0 Å². The van der Waals surface area contributed by atoms with Crippen LogP contribution in [0.3, 0.4) is 0 Å². The van der Waals surface area contributed by atoms with Crippen LogP contribution in [0.15, 0.2) is 0 Å². The number of aliphatic hydroxyl groups is 2. The smallest absolute Gasteiger partial charge is 0.308 e. The molecule has 14 atom stereocenters. The molecule has 10 nitrogen and oxygen atoms in total. The van der Waals surface area contributed by atoms with Crippen LogP contribution < -0.4 is 0 Å². The molecule has 3 heterocycles. The van der Waals surface area contributed by atoms with Crippen molar-refractivity contribution in [2.75, 3.05) is 14.1 Å². The molecule has 3 rings (SSSR count). The molecule has 0 spiro atoms. The van der Waals surface area contributed by atoms with Gasteiger partial charge in [-0.3, -0.25) is 9.59 Å². The minimum Gasteiger partial charge on any atom is -0.459 e. The Balaban J connectivity index is 1.96. The molecule has 3 saturated heterocycles. The van der Waals surface area contributed by atoms with Gasteiger partial charge in [0.15, 0.2) is 12.6 Å². The molecule has 0 aromatic carbocycles. The molecule has 9 unspecified atom stereocenters. The van der Waals surface area contributed by atoms with Gasteiger partial charge in [-0.25, -0.2) is 0 Å². The molecule has 3 aliphatic rings. The van der Waals surface area contributed by atoms with Crippen LogP contribution in [0.25, 0.3) is 0 Å². The molecule has 2 N–H and O–H groups in total. The van der Waals surface area contributed by atoms with Crippen molar-refractivity contribution in [3.05, 3.63) is 0 Å². The first-order valence-corrected chi connectivity index (χ1v) is 16.9. The number of rotatable bonds is 6. The molecule has 0 aromatic heterocycles. The van der Waals surface area contributed by atoms with Crippen molar-refractivity contribution in [1.29, 1.82) is 0 Å². The minimum atomic E-state index is -1.34. The van der Waals surface area contributed by atoms with Crippen LogP contribution in [0.2, 0.25) is 0 Å². The summed E-state index contributed by atoms with van der Waals surface area (Å²) in [5, 5.41) is 21.7. The number of carbonyl (C=O) groups excluding carboxylic acids is 2. The van der Waals surface area contributed by atoms with E-state index in [4.69, 9.17) is 23.7 Å². The molecule has 0 amide bonds. The molecule has 0 radical (unpaired) electrons. The Morgan fingerprint density at radius 3 is 2.20 bits per heavy atom. The molecular weight excluding hydrogens is 566 g/mol. The zero-order valence-electron chi connectivity index (χ0n) is 28.9. The van der Waals surface area contributed by atoms with E-state index in [1.807, 2.05) is 34.6 Å². The molecule has 0 aliphatic carbocycles. The largest absolute Gasteiger partial charge is 0.459 e. The van der Waals surface area contributed by atoms with Gasteiger partial charge in [0.05, 0.1) is 42.5 Å². The SMILES string of the molecule is CCC1OC(=O)CC(O[C@H]2CC(C)C(O)C(C)O2)C(C)[C@@H](OC2CC(N(C)C)CC(C)O2)[C@@H](C)C[C@@H](C)C(=O)CC[C@]1(C)O. The van der Waals surface area contributed by atoms with Gasteiger partial charge >= 0.3 is 5.97 Å². The Hall–Kier alpha value is -1.14. The van der Waals surface area contributed by atoms with E-state index in [2.05, 4.69) is 32.8 Å². The lowest BCUT2D eigenvalue weighted by atomic mass is 9.80. The monoisotopic (exact) mass is 627 g/mol. The van der Waals surface area contributed by atoms with Gasteiger partial charge in [-0.05, 0) is 72.4 Å². The maximum absolute atomic E-state index is 13.5. The number of Topliss-reactive ketones (excluding diaryl/α,β-unsaturated/α-hetero) is 1. The van der Waals surface area contributed by atoms with Gasteiger partial charge in [0.2, 0.25) is 0 Å². The highest BCUT2D eigenvalue weighted by molar-refractivity contribution is 5.80. The quantitative estimate of drug-likeness (QED) is 0.408. The number of hydrogen-bond acceptors (Lipinski definition) is 10. The number of nitrogens with zero attached hydrogens (tertiary/aromatic N) is 1. The minimum absolute atomic E-state index is 0.0246. The summed E-state index contributed by atoms with van der Waals surface area (Å²) in [6.07, 6.45) is -0.380. The lowest BCUT2D eigenvalue weighted by molar-refractivity contribution is -0.273. The van der Waals surface area contributed by atoms with Gasteiger partial charge in [-0.15, -0.1) is 0 Å². The van der Waals surface area contributed by atoms with Crippen LogP contribution in [-0.2, 0) is 33.3 Å². The topological polar surface area (TPSA) is 124 Å². The van der Waals surface area contributed by atoms with Crippen LogP contribution in [0.1, 0.15) is 107 Å². The van der Waals surface area contributed by atoms with Crippen molar-refractivity contribution in [3.8, 4) is 0 Å². The van der Waals surface area contributed by atoms with E-state index < -0.39 is 54.7 Å². The van der Waals surface area contributed by atoms with Crippen molar-refractivity contribution in [2.45, 2.75) is 168 Å². The molecule has 0 saturated carbocycles. The standard InChI is InChI=1S/C34H61NO9/c1-11-28-34(8,39)13-12-26(36)19(2)14-21(4)33(44-31-17-25(35(9)10)16-22(5)40-31)23(6)27(18-29(37)43-28)42-30-15-20(3)32(38)24(7)41-30/h19-25,27-28,30-33,38-39H,11-18H2,1-10H3/t19-,20?,21+,22?,23?,24?,25?,27?,28?,30+,31?,32?,33+,34+/m1/s1. The number of ether oxygens (including phenoxy) is 5. The Morgan fingerprint density at radius 2 is 1.59 bits per heavy atom. The third-order valence-electron chi connectivity index (χ3n) is 10.3. The van der Waals surface area contributed by atoms with Crippen LogP contribution in [0, 0.1) is 23.7 Å². The maximum Gasteiger partial charge on any atom is 0.308 e. The Morgan fingerprint density at radius 1 is 0.932 bits per heavy atom. The van der Waals surface area contributed by atoms with Crippen molar-refractivity contribution in [1.82, 2.24) is 4.90 Å². The summed E-state index contributed by atoms with van der Waals surface area (Å²) in [6.45, 7) is 15.4. The predicted octanol–water partition coefficient (Wildman–Crippen LogP) is 4.47. The highest BCUT2D eigenvalue weighted by Crippen LogP contribution is 2.36. The third kappa shape index (κ3) is 9.93. The first-order chi connectivity index (χ1) is 20.5. The third-order valence-corrected chi connectivity index (χ3v) is 10.3. The Bertz CT molecular complexity index is 916. The van der Waals surface area contributed by atoms with E-state index in [-0.39, 0.29) is 54.8 Å². The molecular formula is C34H61NO9. The van der Waals surface area contributed by atoms with Gasteiger partial charge in [0.25, 0.3) is 0 Å². The molecule has 44 heavy (non-hydrogen) atoms. The second kappa shape index (κ2) is 16.1. The predicted molar refractivity (Wildman–Crippen MR) is 167 cm³/mol. The molecule has 3 fully saturated rings. The molecule has 0 bridgehead atoms. The van der Waals surface area contributed by atoms with E-state index in [1.165, 1.54) is 0 Å². The van der Waals surface area contributed by atoms with Crippen LogP contribution in [0.5, 0.6) is 0 Å². The number of carbonyl (C=O) groups is 2. The molecule has 256 valence electrons. The Labute approximate surface area is 265 Å². The van der Waals surface area contributed by atoms with Crippen molar-refractivity contribution in [2.24, 2.45) is 23.7 Å². The summed E-state index contributed by atoms with van der Waals surface area (Å²) in [5.41, 5.74) is -1.34. The van der Waals surface area contributed by atoms with E-state index in [1.54, 1.807) is 6.92 Å². The van der Waals surface area contributed by atoms with Gasteiger partial charge in [0, 0.05) is 37.1 Å². The fraction of sp³-hybridized carbons (Fsp3) is 0.941. The molecule has 10 heteroatoms. The zero-order chi connectivity index (χ0) is 32.9. The lowest BCUT2D eigenvalue weighted by Crippen LogP contribution is -2.50. The summed E-state index contributed by atoms with van der Waals surface area (Å²) >= 11 is 0. The second-order valence-electron chi connectivity index (χ2n) is 14.6. The van der Waals surface area contributed by atoms with Crippen molar-refractivity contribution in [3.63, 3.8) is 0 Å². The average Bonchev–Trinajstić information content (AvgIpc) is 2.94. The number of ketones is 1. The average molecular weight is 628 g/mol. The number of cyclic esters (lactones) is 1. The summed E-state index contributed by atoms with van der Waals surface area (Å²) in [4.78, 5) is 29.0. The summed E-state index contributed by atoms with van der Waals surface area (Å²) in [7, 11) is 4.14.